The molecule has 0 aliphatic carbocycles. The lowest BCUT2D eigenvalue weighted by Crippen LogP contribution is -2.48. The normalized spacial score (nSPS) is 22.0. The van der Waals surface area contributed by atoms with Gasteiger partial charge >= 0.3 is 0 Å². The Hall–Kier alpha value is -4.23. The van der Waals surface area contributed by atoms with E-state index in [1.807, 2.05) is 16.7 Å². The Morgan fingerprint density at radius 3 is 2.51 bits per heavy atom. The maximum atomic E-state index is 15.5. The van der Waals surface area contributed by atoms with Gasteiger partial charge in [-0.2, -0.15) is 5.26 Å². The van der Waals surface area contributed by atoms with E-state index in [9.17, 15) is 9.65 Å². The molecular formula is C27H22F2N6O2. The molecule has 2 saturated heterocycles. The van der Waals surface area contributed by atoms with E-state index in [2.05, 4.69) is 9.88 Å². The van der Waals surface area contributed by atoms with Gasteiger partial charge in [0.25, 0.3) is 0 Å². The highest BCUT2D eigenvalue weighted by atomic mass is 19.1. The van der Waals surface area contributed by atoms with E-state index in [0.29, 0.717) is 39.9 Å². The second-order valence-corrected chi connectivity index (χ2v) is 9.77. The molecule has 0 radical (unpaired) electrons. The van der Waals surface area contributed by atoms with Gasteiger partial charge in [0.1, 0.15) is 23.4 Å². The van der Waals surface area contributed by atoms with Gasteiger partial charge in [-0.3, -0.25) is 4.40 Å². The molecule has 3 aliphatic heterocycles. The summed E-state index contributed by atoms with van der Waals surface area (Å²) < 4.78 is 43.1. The van der Waals surface area contributed by atoms with Crippen LogP contribution in [0.15, 0.2) is 42.7 Å². The van der Waals surface area contributed by atoms with Crippen molar-refractivity contribution in [1.82, 2.24) is 14.4 Å². The van der Waals surface area contributed by atoms with Gasteiger partial charge < -0.3 is 20.1 Å². The van der Waals surface area contributed by atoms with E-state index < -0.39 is 11.6 Å². The summed E-state index contributed by atoms with van der Waals surface area (Å²) in [5.74, 6) is 0.176. The number of ether oxygens (including phenoxy) is 2. The molecule has 2 unspecified atom stereocenters. The number of rotatable bonds is 3. The second kappa shape index (κ2) is 8.15. The van der Waals surface area contributed by atoms with Crippen LogP contribution in [0.1, 0.15) is 31.2 Å². The summed E-state index contributed by atoms with van der Waals surface area (Å²) in [7, 11) is 0. The highest BCUT2D eigenvalue weighted by Gasteiger charge is 2.42. The van der Waals surface area contributed by atoms with E-state index >= 15 is 4.39 Å². The van der Waals surface area contributed by atoms with Crippen LogP contribution in [0.3, 0.4) is 0 Å². The summed E-state index contributed by atoms with van der Waals surface area (Å²) in [6, 6.07) is 9.58. The molecule has 8 nitrogen and oxygen atoms in total. The van der Waals surface area contributed by atoms with E-state index in [-0.39, 0.29) is 36.0 Å². The van der Waals surface area contributed by atoms with E-state index in [0.717, 1.165) is 25.7 Å². The number of fused-ring (bicyclic) bond motifs is 4. The Bertz CT molecular complexity index is 1600. The van der Waals surface area contributed by atoms with Gasteiger partial charge in [-0.1, -0.05) is 6.07 Å². The zero-order valence-electron chi connectivity index (χ0n) is 19.7. The Morgan fingerprint density at radius 1 is 1.03 bits per heavy atom. The van der Waals surface area contributed by atoms with Crippen molar-refractivity contribution in [2.24, 2.45) is 5.73 Å². The largest absolute Gasteiger partial charge is 0.454 e. The van der Waals surface area contributed by atoms with Gasteiger partial charge in [0.15, 0.2) is 11.5 Å². The van der Waals surface area contributed by atoms with Crippen LogP contribution in [0.4, 0.5) is 14.7 Å². The minimum Gasteiger partial charge on any atom is -0.454 e. The molecule has 186 valence electrons. The number of hydrogen-bond donors (Lipinski definition) is 1. The van der Waals surface area contributed by atoms with Gasteiger partial charge in [-0.15, -0.1) is 0 Å². The lowest BCUT2D eigenvalue weighted by atomic mass is 9.97. The molecule has 3 aliphatic rings. The number of nitrogens with zero attached hydrogens (tertiary/aromatic N) is 5. The number of imidazole rings is 1. The molecule has 2 aromatic carbocycles. The zero-order chi connectivity index (χ0) is 25.3. The minimum absolute atomic E-state index is 0.00175. The first kappa shape index (κ1) is 22.0. The van der Waals surface area contributed by atoms with Crippen LogP contribution in [-0.4, -0.2) is 39.3 Å². The second-order valence-electron chi connectivity index (χ2n) is 9.77. The van der Waals surface area contributed by atoms with Gasteiger partial charge in [0.2, 0.25) is 12.7 Å². The molecule has 37 heavy (non-hydrogen) atoms. The maximum Gasteiger partial charge on any atom is 0.231 e. The molecule has 2 bridgehead atoms. The number of halogens is 2. The maximum absolute atomic E-state index is 15.5. The smallest absolute Gasteiger partial charge is 0.231 e. The van der Waals surface area contributed by atoms with Gasteiger partial charge in [-0.05, 0) is 43.9 Å². The monoisotopic (exact) mass is 500 g/mol. The Morgan fingerprint density at radius 2 is 1.78 bits per heavy atom. The van der Waals surface area contributed by atoms with Crippen LogP contribution < -0.4 is 20.1 Å². The first-order valence-corrected chi connectivity index (χ1v) is 12.2. The first-order valence-electron chi connectivity index (χ1n) is 12.2. The molecule has 2 N–H and O–H groups in total. The number of aromatic nitrogens is 3. The van der Waals surface area contributed by atoms with Gasteiger partial charge in [0.05, 0.1) is 16.8 Å². The fraction of sp³-hybridized carbons (Fsp3) is 0.296. The Labute approximate surface area is 210 Å². The standard InChI is InChI=1S/C27H22F2N6O2/c28-20-7-14(1-2-15(20)12-30)25-24(19-10-22-23(11-21(19)29)37-13-36-22)26-32-5-6-34(26)27(33-25)35-17-3-4-18(35)9-16(31)8-17/h1-2,5-7,10-11,16-18H,3-4,8-9,13,31H2. The number of benzene rings is 2. The molecule has 2 fully saturated rings. The van der Waals surface area contributed by atoms with Crippen molar-refractivity contribution in [1.29, 1.82) is 5.26 Å². The molecule has 2 atom stereocenters. The van der Waals surface area contributed by atoms with Crippen molar-refractivity contribution in [3.8, 4) is 40.0 Å². The Balaban J connectivity index is 1.51. The third-order valence-corrected chi connectivity index (χ3v) is 7.62. The van der Waals surface area contributed by atoms with Crippen molar-refractivity contribution in [2.45, 2.75) is 43.8 Å². The summed E-state index contributed by atoms with van der Waals surface area (Å²) in [5.41, 5.74) is 8.11. The molecule has 5 heterocycles. The molecule has 0 saturated carbocycles. The molecular weight excluding hydrogens is 478 g/mol. The molecule has 7 rings (SSSR count). The summed E-state index contributed by atoms with van der Waals surface area (Å²) in [5, 5.41) is 9.24. The van der Waals surface area contributed by atoms with Crippen LogP contribution in [0.5, 0.6) is 11.5 Å². The van der Waals surface area contributed by atoms with Crippen molar-refractivity contribution in [3.63, 3.8) is 0 Å². The fourth-order valence-corrected chi connectivity index (χ4v) is 6.01. The topological polar surface area (TPSA) is 102 Å². The van der Waals surface area contributed by atoms with Crippen LogP contribution in [0.25, 0.3) is 28.0 Å². The van der Waals surface area contributed by atoms with E-state index in [1.165, 1.54) is 18.2 Å². The van der Waals surface area contributed by atoms with E-state index in [4.69, 9.17) is 20.2 Å². The fourth-order valence-electron chi connectivity index (χ4n) is 6.01. The Kier molecular flexibility index (Phi) is 4.84. The first-order chi connectivity index (χ1) is 18.0. The number of piperidine rings is 1. The van der Waals surface area contributed by atoms with Gasteiger partial charge in [-0.25, -0.2) is 18.7 Å². The van der Waals surface area contributed by atoms with Crippen molar-refractivity contribution < 1.29 is 18.3 Å². The van der Waals surface area contributed by atoms with Crippen LogP contribution >= 0.6 is 0 Å². The molecule has 10 heteroatoms. The highest BCUT2D eigenvalue weighted by molar-refractivity contribution is 5.92. The molecule has 0 spiro atoms. The molecule has 2 aromatic heterocycles. The van der Waals surface area contributed by atoms with Crippen LogP contribution in [0, 0.1) is 23.0 Å². The lowest BCUT2D eigenvalue weighted by Gasteiger charge is -2.39. The van der Waals surface area contributed by atoms with Crippen molar-refractivity contribution in [2.75, 3.05) is 11.7 Å². The van der Waals surface area contributed by atoms with Crippen molar-refractivity contribution >= 4 is 11.6 Å². The van der Waals surface area contributed by atoms with E-state index in [1.54, 1.807) is 18.3 Å². The lowest BCUT2D eigenvalue weighted by molar-refractivity contribution is 0.174. The summed E-state index contributed by atoms with van der Waals surface area (Å²) in [4.78, 5) is 12.0. The van der Waals surface area contributed by atoms with Gasteiger partial charge in [0, 0.05) is 47.7 Å². The molecule has 0 amide bonds. The predicted molar refractivity (Wildman–Crippen MR) is 131 cm³/mol. The number of nitriles is 1. The summed E-state index contributed by atoms with van der Waals surface area (Å²) in [6.45, 7) is 0.00175. The minimum atomic E-state index is -0.673. The van der Waals surface area contributed by atoms with Crippen molar-refractivity contribution in [3.05, 3.63) is 59.9 Å². The predicted octanol–water partition coefficient (Wildman–Crippen LogP) is 4.40. The average molecular weight is 501 g/mol. The third-order valence-electron chi connectivity index (χ3n) is 7.62. The third kappa shape index (κ3) is 3.34. The quantitative estimate of drug-likeness (QED) is 0.445. The zero-order valence-corrected chi connectivity index (χ0v) is 19.7. The summed E-state index contributed by atoms with van der Waals surface area (Å²) >= 11 is 0. The molecule has 4 aromatic rings. The SMILES string of the molecule is N#Cc1ccc(-c2nc(N3C4CCC3CC(N)C4)n3ccnc3c2-c2cc3c(cc2F)OCO3)cc1F. The number of hydrogen-bond acceptors (Lipinski definition) is 7. The van der Waals surface area contributed by atoms with Crippen LogP contribution in [0.2, 0.25) is 0 Å². The highest BCUT2D eigenvalue weighted by Crippen LogP contribution is 2.45. The number of anilines is 1. The summed E-state index contributed by atoms with van der Waals surface area (Å²) in [6.07, 6.45) is 7.19. The number of nitrogens with two attached hydrogens (primary N) is 1. The average Bonchev–Trinajstić information content (AvgIpc) is 3.61. The van der Waals surface area contributed by atoms with Crippen LogP contribution in [-0.2, 0) is 0 Å².